The summed E-state index contributed by atoms with van der Waals surface area (Å²) in [6.07, 6.45) is 4.99. The van der Waals surface area contributed by atoms with Crippen LogP contribution in [0.4, 0.5) is 5.69 Å². The molecular formula is C13H15Cl2NO2. The van der Waals surface area contributed by atoms with Gasteiger partial charge in [0.1, 0.15) is 0 Å². The van der Waals surface area contributed by atoms with Gasteiger partial charge in [0.05, 0.1) is 4.92 Å². The average Bonchev–Trinajstić information content (AvgIpc) is 2.32. The lowest BCUT2D eigenvalue weighted by atomic mass is 9.84. The summed E-state index contributed by atoms with van der Waals surface area (Å²) in [5.74, 6) is 0.317. The molecule has 2 unspecified atom stereocenters. The first-order chi connectivity index (χ1) is 8.58. The van der Waals surface area contributed by atoms with Crippen molar-refractivity contribution in [2.24, 2.45) is 5.92 Å². The number of rotatable bonds is 3. The minimum Gasteiger partial charge on any atom is -0.258 e. The Morgan fingerprint density at radius 2 is 2.06 bits per heavy atom. The minimum atomic E-state index is -0.349. The fourth-order valence-corrected chi connectivity index (χ4v) is 3.13. The summed E-state index contributed by atoms with van der Waals surface area (Å²) in [4.78, 5) is 10.6. The predicted octanol–water partition coefficient (Wildman–Crippen LogP) is 4.59. The van der Waals surface area contributed by atoms with Crippen LogP contribution in [0.2, 0.25) is 5.02 Å². The van der Waals surface area contributed by atoms with E-state index in [-0.39, 0.29) is 16.0 Å². The molecule has 5 heteroatoms. The Morgan fingerprint density at radius 1 is 1.33 bits per heavy atom. The Bertz CT molecular complexity index is 451. The number of halogens is 2. The molecule has 2 rings (SSSR count). The number of nitro groups is 1. The summed E-state index contributed by atoms with van der Waals surface area (Å²) in [6, 6.07) is 4.73. The molecule has 0 aromatic heterocycles. The third-order valence-electron chi connectivity index (χ3n) is 3.54. The molecule has 2 atom stereocenters. The molecule has 1 aromatic rings. The molecule has 0 bridgehead atoms. The maximum atomic E-state index is 11.0. The molecule has 0 heterocycles. The molecule has 0 spiro atoms. The molecule has 1 aliphatic rings. The van der Waals surface area contributed by atoms with Gasteiger partial charge in [-0.05, 0) is 37.3 Å². The minimum absolute atomic E-state index is 0.123. The highest BCUT2D eigenvalue weighted by atomic mass is 35.5. The van der Waals surface area contributed by atoms with Gasteiger partial charge in [0.15, 0.2) is 0 Å². The lowest BCUT2D eigenvalue weighted by Crippen LogP contribution is -2.22. The highest BCUT2D eigenvalue weighted by molar-refractivity contribution is 6.30. The maximum absolute atomic E-state index is 11.0. The Balaban J connectivity index is 2.21. The summed E-state index contributed by atoms with van der Waals surface area (Å²) >= 11 is 12.2. The zero-order valence-corrected chi connectivity index (χ0v) is 11.5. The van der Waals surface area contributed by atoms with Gasteiger partial charge in [-0.3, -0.25) is 10.1 Å². The van der Waals surface area contributed by atoms with E-state index >= 15 is 0 Å². The molecule has 3 nitrogen and oxygen atoms in total. The summed E-state index contributed by atoms with van der Waals surface area (Å²) in [5.41, 5.74) is 0.846. The van der Waals surface area contributed by atoms with Crippen molar-refractivity contribution in [1.82, 2.24) is 0 Å². The highest BCUT2D eigenvalue weighted by Crippen LogP contribution is 2.34. The van der Waals surface area contributed by atoms with Gasteiger partial charge >= 0.3 is 0 Å². The predicted molar refractivity (Wildman–Crippen MR) is 73.4 cm³/mol. The summed E-state index contributed by atoms with van der Waals surface area (Å²) in [5, 5.41) is 11.6. The molecule has 0 N–H and O–H groups in total. The van der Waals surface area contributed by atoms with Gasteiger partial charge in [-0.2, -0.15) is 0 Å². The fourth-order valence-electron chi connectivity index (χ4n) is 2.57. The van der Waals surface area contributed by atoms with Crippen LogP contribution in [0.15, 0.2) is 18.2 Å². The summed E-state index contributed by atoms with van der Waals surface area (Å²) in [7, 11) is 0. The molecule has 0 saturated heterocycles. The van der Waals surface area contributed by atoms with E-state index in [1.807, 2.05) is 0 Å². The fraction of sp³-hybridized carbons (Fsp3) is 0.538. The van der Waals surface area contributed by atoms with E-state index in [0.29, 0.717) is 22.9 Å². The molecule has 0 aliphatic heterocycles. The maximum Gasteiger partial charge on any atom is 0.272 e. The van der Waals surface area contributed by atoms with Crippen LogP contribution in [0.3, 0.4) is 0 Å². The van der Waals surface area contributed by atoms with Crippen molar-refractivity contribution in [2.75, 3.05) is 0 Å². The lowest BCUT2D eigenvalue weighted by Gasteiger charge is -2.26. The van der Waals surface area contributed by atoms with E-state index in [4.69, 9.17) is 23.2 Å². The van der Waals surface area contributed by atoms with Gasteiger partial charge in [-0.1, -0.05) is 24.4 Å². The Labute approximate surface area is 116 Å². The second-order valence-corrected chi connectivity index (χ2v) is 5.79. The normalized spacial score (nSPS) is 23.9. The zero-order chi connectivity index (χ0) is 13.1. The van der Waals surface area contributed by atoms with Gasteiger partial charge in [0.2, 0.25) is 0 Å². The van der Waals surface area contributed by atoms with Crippen LogP contribution < -0.4 is 0 Å². The Hall–Kier alpha value is -0.800. The SMILES string of the molecule is O=[N+]([O-])c1ccc(Cl)cc1CC1CCCCC1Cl. The molecule has 1 fully saturated rings. The summed E-state index contributed by atoms with van der Waals surface area (Å²) in [6.45, 7) is 0. The smallest absolute Gasteiger partial charge is 0.258 e. The number of benzene rings is 1. The van der Waals surface area contributed by atoms with Gasteiger partial charge in [0, 0.05) is 22.0 Å². The molecule has 0 radical (unpaired) electrons. The molecule has 0 amide bonds. The van der Waals surface area contributed by atoms with Gasteiger partial charge in [-0.15, -0.1) is 11.6 Å². The van der Waals surface area contributed by atoms with E-state index in [9.17, 15) is 10.1 Å². The van der Waals surface area contributed by atoms with Crippen LogP contribution >= 0.6 is 23.2 Å². The van der Waals surface area contributed by atoms with Gasteiger partial charge in [0.25, 0.3) is 5.69 Å². The van der Waals surface area contributed by atoms with E-state index in [1.165, 1.54) is 6.07 Å². The standard InChI is InChI=1S/C13H15Cl2NO2/c14-11-5-6-13(16(17)18)10(8-11)7-9-3-1-2-4-12(9)15/h5-6,8-9,12H,1-4,7H2. The zero-order valence-electron chi connectivity index (χ0n) is 9.94. The number of nitrogens with zero attached hydrogens (tertiary/aromatic N) is 1. The Kier molecular flexibility index (Phi) is 4.46. The second-order valence-electron chi connectivity index (χ2n) is 4.79. The van der Waals surface area contributed by atoms with Crippen molar-refractivity contribution < 1.29 is 4.92 Å². The number of hydrogen-bond acceptors (Lipinski definition) is 2. The van der Waals surface area contributed by atoms with E-state index in [0.717, 1.165) is 25.7 Å². The number of alkyl halides is 1. The van der Waals surface area contributed by atoms with E-state index < -0.39 is 0 Å². The first-order valence-electron chi connectivity index (χ1n) is 6.15. The van der Waals surface area contributed by atoms with Crippen molar-refractivity contribution in [3.63, 3.8) is 0 Å². The topological polar surface area (TPSA) is 43.1 Å². The molecule has 1 saturated carbocycles. The van der Waals surface area contributed by atoms with E-state index in [1.54, 1.807) is 12.1 Å². The average molecular weight is 288 g/mol. The quantitative estimate of drug-likeness (QED) is 0.464. The van der Waals surface area contributed by atoms with Crippen LogP contribution in [0.25, 0.3) is 0 Å². The van der Waals surface area contributed by atoms with Gasteiger partial charge < -0.3 is 0 Å². The van der Waals surface area contributed by atoms with Crippen molar-refractivity contribution in [1.29, 1.82) is 0 Å². The third-order valence-corrected chi connectivity index (χ3v) is 4.35. The molecule has 1 aromatic carbocycles. The van der Waals surface area contributed by atoms with Crippen LogP contribution in [0.1, 0.15) is 31.2 Å². The summed E-state index contributed by atoms with van der Waals surface area (Å²) < 4.78 is 0. The third kappa shape index (κ3) is 3.15. The number of nitro benzene ring substituents is 1. The van der Waals surface area contributed by atoms with Crippen molar-refractivity contribution in [3.05, 3.63) is 38.9 Å². The molecule has 18 heavy (non-hydrogen) atoms. The first-order valence-corrected chi connectivity index (χ1v) is 6.96. The molecule has 98 valence electrons. The second kappa shape index (κ2) is 5.89. The van der Waals surface area contributed by atoms with Crippen LogP contribution in [0, 0.1) is 16.0 Å². The number of hydrogen-bond donors (Lipinski definition) is 0. The molecular weight excluding hydrogens is 273 g/mol. The van der Waals surface area contributed by atoms with Crippen LogP contribution in [0.5, 0.6) is 0 Å². The van der Waals surface area contributed by atoms with Crippen molar-refractivity contribution in [2.45, 2.75) is 37.5 Å². The highest BCUT2D eigenvalue weighted by Gasteiger charge is 2.26. The van der Waals surface area contributed by atoms with Gasteiger partial charge in [-0.25, -0.2) is 0 Å². The van der Waals surface area contributed by atoms with Crippen molar-refractivity contribution >= 4 is 28.9 Å². The van der Waals surface area contributed by atoms with E-state index in [2.05, 4.69) is 0 Å². The largest absolute Gasteiger partial charge is 0.272 e. The van der Waals surface area contributed by atoms with Crippen LogP contribution in [-0.2, 0) is 6.42 Å². The lowest BCUT2D eigenvalue weighted by molar-refractivity contribution is -0.385. The molecule has 1 aliphatic carbocycles. The first kappa shape index (κ1) is 13.6. The monoisotopic (exact) mass is 287 g/mol. The Morgan fingerprint density at radius 3 is 2.72 bits per heavy atom. The van der Waals surface area contributed by atoms with Crippen LogP contribution in [-0.4, -0.2) is 10.3 Å². The van der Waals surface area contributed by atoms with Crippen molar-refractivity contribution in [3.8, 4) is 0 Å².